The molecule has 0 bridgehead atoms. The van der Waals surface area contributed by atoms with Crippen LogP contribution in [0.4, 0.5) is 0 Å². The van der Waals surface area contributed by atoms with Gasteiger partial charge in [0.05, 0.1) is 0 Å². The van der Waals surface area contributed by atoms with Gasteiger partial charge in [-0.1, -0.05) is 43.3 Å². The summed E-state index contributed by atoms with van der Waals surface area (Å²) in [6.07, 6.45) is 17.1. The largest absolute Gasteiger partial charge is 0.481 e. The first-order valence-corrected chi connectivity index (χ1v) is 7.73. The molecule has 0 saturated heterocycles. The van der Waals surface area contributed by atoms with E-state index in [9.17, 15) is 4.79 Å². The molecule has 0 aliphatic carbocycles. The summed E-state index contributed by atoms with van der Waals surface area (Å²) >= 11 is 0. The second kappa shape index (κ2) is 15.6. The predicted octanol–water partition coefficient (Wildman–Crippen LogP) is 5.11. The molecule has 0 radical (unpaired) electrons. The lowest BCUT2D eigenvalue weighted by atomic mass is 10.1. The molecule has 0 heterocycles. The molecule has 0 aliphatic heterocycles. The van der Waals surface area contributed by atoms with Gasteiger partial charge in [-0.15, -0.1) is 6.58 Å². The molecule has 2 nitrogen and oxygen atoms in total. The van der Waals surface area contributed by atoms with Gasteiger partial charge >= 0.3 is 5.97 Å². The van der Waals surface area contributed by atoms with Gasteiger partial charge in [0.2, 0.25) is 0 Å². The maximum atomic E-state index is 10.3. The summed E-state index contributed by atoms with van der Waals surface area (Å²) in [7, 11) is 0. The Labute approximate surface area is 124 Å². The molecule has 0 saturated carbocycles. The summed E-state index contributed by atoms with van der Waals surface area (Å²) in [4.78, 5) is 10.3. The number of aliphatic carboxylic acids is 1. The van der Waals surface area contributed by atoms with Crippen molar-refractivity contribution >= 4 is 5.97 Å². The quantitative estimate of drug-likeness (QED) is 0.305. The Kier molecular flexibility index (Phi) is 14.4. The topological polar surface area (TPSA) is 37.3 Å². The normalized spacial score (nSPS) is 10.2. The molecule has 1 N–H and O–H groups in total. The molecule has 20 heavy (non-hydrogen) atoms. The molecule has 0 unspecified atom stereocenters. The van der Waals surface area contributed by atoms with Crippen molar-refractivity contribution in [1.29, 1.82) is 0 Å². The van der Waals surface area contributed by atoms with Gasteiger partial charge in [-0.2, -0.15) is 0 Å². The number of carboxylic acids is 1. The van der Waals surface area contributed by atoms with E-state index in [-0.39, 0.29) is 0 Å². The van der Waals surface area contributed by atoms with E-state index in [1.54, 1.807) is 0 Å². The van der Waals surface area contributed by atoms with Crippen molar-refractivity contribution in [3.63, 3.8) is 0 Å². The lowest BCUT2D eigenvalue weighted by Gasteiger charge is -1.97. The van der Waals surface area contributed by atoms with Gasteiger partial charge in [-0.3, -0.25) is 4.79 Å². The molecule has 0 rings (SSSR count). The number of carboxylic acid groups (broad SMARTS) is 1. The first-order valence-electron chi connectivity index (χ1n) is 7.73. The third kappa shape index (κ3) is 16.5. The monoisotopic (exact) mass is 276 g/mol. The number of allylic oxidation sites excluding steroid dienone is 3. The Morgan fingerprint density at radius 1 is 1.00 bits per heavy atom. The van der Waals surface area contributed by atoms with E-state index >= 15 is 0 Å². The second-order valence-corrected chi connectivity index (χ2v) is 4.96. The van der Waals surface area contributed by atoms with Crippen molar-refractivity contribution in [3.05, 3.63) is 24.8 Å². The Morgan fingerprint density at radius 3 is 2.45 bits per heavy atom. The molecule has 0 fully saturated rings. The van der Waals surface area contributed by atoms with Crippen molar-refractivity contribution in [1.82, 2.24) is 0 Å². The van der Waals surface area contributed by atoms with Crippen LogP contribution < -0.4 is 0 Å². The van der Waals surface area contributed by atoms with E-state index in [2.05, 4.69) is 24.5 Å². The number of hydrogen-bond donors (Lipinski definition) is 1. The molecule has 0 aromatic heterocycles. The van der Waals surface area contributed by atoms with Crippen LogP contribution in [-0.4, -0.2) is 11.1 Å². The lowest BCUT2D eigenvalue weighted by molar-refractivity contribution is -0.137. The number of hydrogen-bond acceptors (Lipinski definition) is 1. The molecular weight excluding hydrogens is 248 g/mol. The van der Waals surface area contributed by atoms with Crippen LogP contribution in [0, 0.1) is 11.8 Å². The smallest absolute Gasteiger partial charge is 0.303 e. The molecule has 0 aromatic carbocycles. The summed E-state index contributed by atoms with van der Waals surface area (Å²) in [5.74, 6) is 5.53. The first kappa shape index (κ1) is 18.5. The maximum absolute atomic E-state index is 10.3. The van der Waals surface area contributed by atoms with Crippen LogP contribution in [0.2, 0.25) is 0 Å². The van der Waals surface area contributed by atoms with Crippen LogP contribution in [-0.2, 0) is 4.79 Å². The highest BCUT2D eigenvalue weighted by Crippen LogP contribution is 2.06. The zero-order valence-corrected chi connectivity index (χ0v) is 12.6. The van der Waals surface area contributed by atoms with Crippen molar-refractivity contribution in [3.8, 4) is 11.8 Å². The van der Waals surface area contributed by atoms with E-state index in [0.29, 0.717) is 6.42 Å². The highest BCUT2D eigenvalue weighted by Gasteiger charge is 1.95. The zero-order chi connectivity index (χ0) is 14.9. The Morgan fingerprint density at radius 2 is 1.70 bits per heavy atom. The summed E-state index contributed by atoms with van der Waals surface area (Å²) < 4.78 is 0. The Balaban J connectivity index is 3.25. The average Bonchev–Trinajstić information content (AvgIpc) is 2.43. The molecular formula is C18H28O2. The number of carbonyl (C=O) groups is 1. The molecule has 0 aromatic rings. The zero-order valence-electron chi connectivity index (χ0n) is 12.6. The third-order valence-corrected chi connectivity index (χ3v) is 3.02. The van der Waals surface area contributed by atoms with Crippen LogP contribution in [0.15, 0.2) is 24.8 Å². The van der Waals surface area contributed by atoms with Crippen molar-refractivity contribution in [2.24, 2.45) is 0 Å². The Hall–Kier alpha value is -1.49. The minimum absolute atomic E-state index is 0.303. The van der Waals surface area contributed by atoms with Crippen LogP contribution in [0.3, 0.4) is 0 Å². The van der Waals surface area contributed by atoms with E-state index in [0.717, 1.165) is 51.4 Å². The maximum Gasteiger partial charge on any atom is 0.303 e. The van der Waals surface area contributed by atoms with Crippen LogP contribution >= 0.6 is 0 Å². The van der Waals surface area contributed by atoms with Crippen LogP contribution in [0.1, 0.15) is 70.6 Å². The van der Waals surface area contributed by atoms with Crippen LogP contribution in [0.5, 0.6) is 0 Å². The van der Waals surface area contributed by atoms with Gasteiger partial charge in [-0.05, 0) is 44.6 Å². The Bertz CT molecular complexity index is 331. The van der Waals surface area contributed by atoms with E-state index in [1.807, 2.05) is 12.2 Å². The number of unbranched alkanes of at least 4 members (excludes halogenated alkanes) is 8. The van der Waals surface area contributed by atoms with E-state index < -0.39 is 5.97 Å². The summed E-state index contributed by atoms with van der Waals surface area (Å²) in [6, 6.07) is 0. The fourth-order valence-electron chi connectivity index (χ4n) is 1.84. The average molecular weight is 276 g/mol. The SMILES string of the molecule is C=CCCCC/C=C/C#CCCCCCCCC(=O)O. The molecule has 0 atom stereocenters. The summed E-state index contributed by atoms with van der Waals surface area (Å²) in [5, 5.41) is 8.49. The number of rotatable bonds is 12. The second-order valence-electron chi connectivity index (χ2n) is 4.96. The molecule has 112 valence electrons. The minimum atomic E-state index is -0.688. The standard InChI is InChI=1S/C18H28O2/c1-2-3-4-5-6-7-8-9-10-11-12-13-14-15-16-17-18(19)20/h2,7-8H,1,3-6,11-17H2,(H,19,20)/b8-7+. The fraction of sp³-hybridized carbons (Fsp3) is 0.611. The fourth-order valence-corrected chi connectivity index (χ4v) is 1.84. The van der Waals surface area contributed by atoms with Crippen molar-refractivity contribution < 1.29 is 9.90 Å². The van der Waals surface area contributed by atoms with Gasteiger partial charge in [0.25, 0.3) is 0 Å². The third-order valence-electron chi connectivity index (χ3n) is 3.02. The molecule has 0 aliphatic rings. The minimum Gasteiger partial charge on any atom is -0.481 e. The van der Waals surface area contributed by atoms with Gasteiger partial charge in [0.15, 0.2) is 0 Å². The summed E-state index contributed by atoms with van der Waals surface area (Å²) in [5.41, 5.74) is 0. The highest BCUT2D eigenvalue weighted by molar-refractivity contribution is 5.66. The predicted molar refractivity (Wildman–Crippen MR) is 85.5 cm³/mol. The van der Waals surface area contributed by atoms with Gasteiger partial charge < -0.3 is 5.11 Å². The van der Waals surface area contributed by atoms with Gasteiger partial charge in [-0.25, -0.2) is 0 Å². The molecule has 0 spiro atoms. The summed E-state index contributed by atoms with van der Waals surface area (Å²) in [6.45, 7) is 3.70. The molecule has 2 heteroatoms. The van der Waals surface area contributed by atoms with Gasteiger partial charge in [0, 0.05) is 12.8 Å². The van der Waals surface area contributed by atoms with Crippen LogP contribution in [0.25, 0.3) is 0 Å². The molecule has 0 amide bonds. The first-order chi connectivity index (χ1) is 9.77. The van der Waals surface area contributed by atoms with E-state index in [1.165, 1.54) is 12.8 Å². The van der Waals surface area contributed by atoms with E-state index in [4.69, 9.17) is 5.11 Å². The van der Waals surface area contributed by atoms with Crippen molar-refractivity contribution in [2.45, 2.75) is 70.6 Å². The van der Waals surface area contributed by atoms with Crippen molar-refractivity contribution in [2.75, 3.05) is 0 Å². The van der Waals surface area contributed by atoms with Gasteiger partial charge in [0.1, 0.15) is 0 Å². The highest BCUT2D eigenvalue weighted by atomic mass is 16.4. The lowest BCUT2D eigenvalue weighted by Crippen LogP contribution is -1.93.